The van der Waals surface area contributed by atoms with Crippen molar-refractivity contribution in [3.63, 3.8) is 0 Å². The Kier molecular flexibility index (Phi) is 4.21. The number of aromatic nitrogens is 2. The molecule has 0 aromatic carbocycles. The van der Waals surface area contributed by atoms with E-state index in [0.29, 0.717) is 0 Å². The van der Waals surface area contributed by atoms with Crippen LogP contribution in [0.3, 0.4) is 0 Å². The molecule has 1 saturated carbocycles. The van der Waals surface area contributed by atoms with Gasteiger partial charge in [-0.05, 0) is 50.1 Å². The normalized spacial score (nSPS) is 19.2. The lowest BCUT2D eigenvalue weighted by molar-refractivity contribution is 0.364. The van der Waals surface area contributed by atoms with Crippen molar-refractivity contribution in [1.82, 2.24) is 15.1 Å². The molecule has 0 radical (unpaired) electrons. The zero-order chi connectivity index (χ0) is 12.3. The molecule has 1 heterocycles. The molecule has 0 aliphatic heterocycles. The number of nitrogens with one attached hydrogen (secondary N) is 1. The highest BCUT2D eigenvalue weighted by Crippen LogP contribution is 2.21. The van der Waals surface area contributed by atoms with Crippen molar-refractivity contribution in [2.24, 2.45) is 11.8 Å². The van der Waals surface area contributed by atoms with Crippen LogP contribution >= 0.6 is 0 Å². The van der Waals surface area contributed by atoms with Gasteiger partial charge in [0.1, 0.15) is 0 Å². The third-order valence-electron chi connectivity index (χ3n) is 3.85. The maximum absolute atomic E-state index is 4.33. The predicted octanol–water partition coefficient (Wildman–Crippen LogP) is 2.47. The zero-order valence-corrected chi connectivity index (χ0v) is 11.3. The number of hydrogen-bond donors (Lipinski definition) is 1. The van der Waals surface area contributed by atoms with E-state index >= 15 is 0 Å². The monoisotopic (exact) mass is 235 g/mol. The third-order valence-corrected chi connectivity index (χ3v) is 3.85. The van der Waals surface area contributed by atoms with E-state index in [1.807, 2.05) is 10.9 Å². The molecule has 1 aromatic heterocycles. The van der Waals surface area contributed by atoms with Gasteiger partial charge in [-0.25, -0.2) is 0 Å². The number of aryl methyl sites for hydroxylation is 1. The molecule has 96 valence electrons. The van der Waals surface area contributed by atoms with Crippen molar-refractivity contribution in [3.8, 4) is 0 Å². The summed E-state index contributed by atoms with van der Waals surface area (Å²) in [6.45, 7) is 8.95. The first kappa shape index (κ1) is 12.6. The van der Waals surface area contributed by atoms with Gasteiger partial charge in [0, 0.05) is 18.8 Å². The fraction of sp³-hybridized carbons (Fsp3) is 0.786. The van der Waals surface area contributed by atoms with E-state index in [1.54, 1.807) is 0 Å². The average Bonchev–Trinajstić information content (AvgIpc) is 3.05. The minimum atomic E-state index is 0.718. The fourth-order valence-electron chi connectivity index (χ4n) is 2.10. The van der Waals surface area contributed by atoms with E-state index in [9.17, 15) is 0 Å². The topological polar surface area (TPSA) is 29.9 Å². The lowest BCUT2D eigenvalue weighted by Gasteiger charge is -2.19. The summed E-state index contributed by atoms with van der Waals surface area (Å²) in [4.78, 5) is 0. The van der Waals surface area contributed by atoms with Gasteiger partial charge in [0.25, 0.3) is 0 Å². The molecule has 2 atom stereocenters. The van der Waals surface area contributed by atoms with Crippen molar-refractivity contribution < 1.29 is 0 Å². The number of hydrogen-bond acceptors (Lipinski definition) is 2. The molecular weight excluding hydrogens is 210 g/mol. The first-order valence-corrected chi connectivity index (χ1v) is 6.93. The molecule has 1 aromatic rings. The molecule has 2 rings (SSSR count). The molecule has 1 N–H and O–H groups in total. The maximum atomic E-state index is 4.33. The van der Waals surface area contributed by atoms with Gasteiger partial charge in [-0.3, -0.25) is 4.68 Å². The van der Waals surface area contributed by atoms with Gasteiger partial charge in [-0.15, -0.1) is 0 Å². The Balaban J connectivity index is 1.75. The van der Waals surface area contributed by atoms with Gasteiger partial charge in [0.15, 0.2) is 0 Å². The Morgan fingerprint density at radius 1 is 1.41 bits per heavy atom. The largest absolute Gasteiger partial charge is 0.314 e. The molecule has 3 nitrogen and oxygen atoms in total. The van der Waals surface area contributed by atoms with Crippen LogP contribution in [-0.2, 0) is 13.0 Å². The predicted molar refractivity (Wildman–Crippen MR) is 71.0 cm³/mol. The van der Waals surface area contributed by atoms with E-state index in [-0.39, 0.29) is 0 Å². The van der Waals surface area contributed by atoms with Crippen LogP contribution in [0.2, 0.25) is 0 Å². The molecule has 1 aliphatic rings. The smallest absolute Gasteiger partial charge is 0.0521 e. The Morgan fingerprint density at radius 2 is 2.18 bits per heavy atom. The van der Waals surface area contributed by atoms with Gasteiger partial charge in [0.05, 0.1) is 6.20 Å². The molecule has 17 heavy (non-hydrogen) atoms. The van der Waals surface area contributed by atoms with Crippen LogP contribution in [0.1, 0.15) is 39.2 Å². The Bertz CT molecular complexity index is 341. The molecular formula is C14H25N3. The van der Waals surface area contributed by atoms with E-state index in [2.05, 4.69) is 37.4 Å². The van der Waals surface area contributed by atoms with Gasteiger partial charge in [0.2, 0.25) is 0 Å². The molecule has 0 saturated heterocycles. The molecule has 1 fully saturated rings. The average molecular weight is 235 g/mol. The van der Waals surface area contributed by atoms with E-state index < -0.39 is 0 Å². The van der Waals surface area contributed by atoms with Crippen LogP contribution in [0.4, 0.5) is 0 Å². The van der Waals surface area contributed by atoms with Crippen molar-refractivity contribution in [1.29, 1.82) is 0 Å². The van der Waals surface area contributed by atoms with Crippen LogP contribution in [0.5, 0.6) is 0 Å². The molecule has 3 heteroatoms. The second-order valence-electron chi connectivity index (χ2n) is 5.55. The Labute approximate surface area is 105 Å². The third kappa shape index (κ3) is 3.84. The SMILES string of the molecule is CCn1cc(CC(C)C(C)CNC2CC2)cn1. The highest BCUT2D eigenvalue weighted by molar-refractivity contribution is 5.05. The van der Waals surface area contributed by atoms with Crippen LogP contribution < -0.4 is 5.32 Å². The van der Waals surface area contributed by atoms with Crippen molar-refractivity contribution in [2.45, 2.75) is 52.6 Å². The van der Waals surface area contributed by atoms with Gasteiger partial charge in [-0.1, -0.05) is 13.8 Å². The number of rotatable bonds is 7. The van der Waals surface area contributed by atoms with Gasteiger partial charge >= 0.3 is 0 Å². The highest BCUT2D eigenvalue weighted by Gasteiger charge is 2.22. The summed E-state index contributed by atoms with van der Waals surface area (Å²) < 4.78 is 2.01. The summed E-state index contributed by atoms with van der Waals surface area (Å²) in [6.07, 6.45) is 8.10. The minimum Gasteiger partial charge on any atom is -0.314 e. The summed E-state index contributed by atoms with van der Waals surface area (Å²) in [5, 5.41) is 7.95. The van der Waals surface area contributed by atoms with E-state index in [1.165, 1.54) is 18.4 Å². The second-order valence-corrected chi connectivity index (χ2v) is 5.55. The fourth-order valence-corrected chi connectivity index (χ4v) is 2.10. The molecule has 1 aliphatic carbocycles. The number of nitrogens with zero attached hydrogens (tertiary/aromatic N) is 2. The Hall–Kier alpha value is -0.830. The molecule has 2 unspecified atom stereocenters. The van der Waals surface area contributed by atoms with Crippen molar-refractivity contribution in [2.75, 3.05) is 6.54 Å². The van der Waals surface area contributed by atoms with Crippen LogP contribution in [0.15, 0.2) is 12.4 Å². The highest BCUT2D eigenvalue weighted by atomic mass is 15.3. The van der Waals surface area contributed by atoms with Crippen LogP contribution in [0.25, 0.3) is 0 Å². The van der Waals surface area contributed by atoms with E-state index in [4.69, 9.17) is 0 Å². The first-order chi connectivity index (χ1) is 8.19. The summed E-state index contributed by atoms with van der Waals surface area (Å²) in [5.41, 5.74) is 1.37. The maximum Gasteiger partial charge on any atom is 0.0521 e. The van der Waals surface area contributed by atoms with Crippen molar-refractivity contribution >= 4 is 0 Å². The zero-order valence-electron chi connectivity index (χ0n) is 11.3. The van der Waals surface area contributed by atoms with Crippen LogP contribution in [-0.4, -0.2) is 22.4 Å². The van der Waals surface area contributed by atoms with Gasteiger partial charge in [-0.2, -0.15) is 5.10 Å². The lowest BCUT2D eigenvalue weighted by atomic mass is 9.90. The Morgan fingerprint density at radius 3 is 2.76 bits per heavy atom. The van der Waals surface area contributed by atoms with Crippen molar-refractivity contribution in [3.05, 3.63) is 18.0 Å². The minimum absolute atomic E-state index is 0.718. The molecule has 0 amide bonds. The quantitative estimate of drug-likeness (QED) is 0.787. The second kappa shape index (κ2) is 5.67. The summed E-state index contributed by atoms with van der Waals surface area (Å²) in [5.74, 6) is 1.45. The van der Waals surface area contributed by atoms with Crippen LogP contribution in [0, 0.1) is 11.8 Å². The summed E-state index contributed by atoms with van der Waals surface area (Å²) in [7, 11) is 0. The first-order valence-electron chi connectivity index (χ1n) is 6.93. The van der Waals surface area contributed by atoms with E-state index in [0.717, 1.165) is 37.4 Å². The lowest BCUT2D eigenvalue weighted by Crippen LogP contribution is -2.27. The van der Waals surface area contributed by atoms with Gasteiger partial charge < -0.3 is 5.32 Å². The summed E-state index contributed by atoms with van der Waals surface area (Å²) >= 11 is 0. The standard InChI is InChI=1S/C14H25N3/c1-4-17-10-13(9-16-17)7-11(2)12(3)8-15-14-5-6-14/h9-12,14-15H,4-8H2,1-3H3. The molecule has 0 bridgehead atoms. The molecule has 0 spiro atoms. The summed E-state index contributed by atoms with van der Waals surface area (Å²) in [6, 6.07) is 0.826.